The maximum atomic E-state index is 13.7. The molecule has 1 fully saturated rings. The Kier molecular flexibility index (Phi) is 7.74. The Bertz CT molecular complexity index is 1320. The van der Waals surface area contributed by atoms with Gasteiger partial charge in [0, 0.05) is 17.8 Å². The third-order valence-electron chi connectivity index (χ3n) is 6.79. The lowest BCUT2D eigenvalue weighted by molar-refractivity contribution is -0.141. The van der Waals surface area contributed by atoms with E-state index in [0.29, 0.717) is 40.4 Å². The Hall–Kier alpha value is -3.72. The van der Waals surface area contributed by atoms with Crippen LogP contribution in [0.25, 0.3) is 0 Å². The van der Waals surface area contributed by atoms with Gasteiger partial charge in [-0.25, -0.2) is 9.79 Å². The molecule has 1 atom stereocenters. The highest BCUT2D eigenvalue weighted by atomic mass is 32.2. The van der Waals surface area contributed by atoms with Gasteiger partial charge in [-0.1, -0.05) is 54.2 Å². The number of allylic oxidation sites excluding steroid dienone is 1. The van der Waals surface area contributed by atoms with Crippen LogP contribution in [0.2, 0.25) is 0 Å². The Morgan fingerprint density at radius 2 is 1.87 bits per heavy atom. The van der Waals surface area contributed by atoms with E-state index in [0.717, 1.165) is 29.7 Å². The number of para-hydroxylation sites is 1. The lowest BCUT2D eigenvalue weighted by Crippen LogP contribution is -2.38. The van der Waals surface area contributed by atoms with Gasteiger partial charge in [0.25, 0.3) is 0 Å². The fraction of sp³-hybridized carbons (Fsp3) is 0.345. The molecule has 0 radical (unpaired) electrons. The van der Waals surface area contributed by atoms with Gasteiger partial charge in [-0.15, -0.1) is 0 Å². The number of methoxy groups -OCH3 is 2. The molecule has 2 aliphatic heterocycles. The minimum atomic E-state index is -0.617. The first-order valence-corrected chi connectivity index (χ1v) is 13.5. The predicted molar refractivity (Wildman–Crippen MR) is 147 cm³/mol. The summed E-state index contributed by atoms with van der Waals surface area (Å²) in [6.07, 6.45) is 2.50. The van der Waals surface area contributed by atoms with E-state index >= 15 is 0 Å². The number of hydrogen-bond donors (Lipinski definition) is 1. The second kappa shape index (κ2) is 11.3. The number of ether oxygens (including phenoxy) is 3. The van der Waals surface area contributed by atoms with Gasteiger partial charge in [-0.2, -0.15) is 0 Å². The van der Waals surface area contributed by atoms with Crippen LogP contribution in [0.15, 0.2) is 75.9 Å². The van der Waals surface area contributed by atoms with E-state index in [-0.39, 0.29) is 18.9 Å². The van der Waals surface area contributed by atoms with Crippen molar-refractivity contribution in [2.75, 3.05) is 20.8 Å². The van der Waals surface area contributed by atoms with Gasteiger partial charge in [-0.3, -0.25) is 4.79 Å². The molecule has 0 bridgehead atoms. The molecule has 0 unspecified atom stereocenters. The first-order valence-electron chi connectivity index (χ1n) is 12.6. The van der Waals surface area contributed by atoms with Crippen LogP contribution in [-0.4, -0.2) is 42.7 Å². The molecule has 0 saturated heterocycles. The summed E-state index contributed by atoms with van der Waals surface area (Å²) < 4.78 is 17.1. The minimum absolute atomic E-state index is 0.0548. The van der Waals surface area contributed by atoms with Gasteiger partial charge in [0.05, 0.1) is 38.0 Å². The van der Waals surface area contributed by atoms with E-state index < -0.39 is 12.0 Å². The van der Waals surface area contributed by atoms with Crippen LogP contribution in [0.4, 0.5) is 0 Å². The van der Waals surface area contributed by atoms with E-state index in [1.54, 1.807) is 14.2 Å². The smallest absolute Gasteiger partial charge is 0.338 e. The fourth-order valence-corrected chi connectivity index (χ4v) is 5.62. The van der Waals surface area contributed by atoms with Gasteiger partial charge >= 0.3 is 5.97 Å². The van der Waals surface area contributed by atoms with Gasteiger partial charge < -0.3 is 24.4 Å². The zero-order valence-corrected chi connectivity index (χ0v) is 22.5. The van der Waals surface area contributed by atoms with Crippen molar-refractivity contribution in [2.45, 2.75) is 38.8 Å². The standard InChI is InChI=1S/C29H31N3O5S/c1-18-25(28(34)37-16-20-8-5-4-6-9-20)26(22-10-7-11-23(35-2)27(22)36-3)32-21(17-38-29(32)31-18)14-24(33)30-15-19-12-13-19/h4-11,17,19,26H,12-16H2,1-3H3,(H,30,33)/t26-/m0/s1. The molecule has 1 amide bonds. The summed E-state index contributed by atoms with van der Waals surface area (Å²) in [6, 6.07) is 14.5. The highest BCUT2D eigenvalue weighted by Crippen LogP contribution is 2.48. The number of amidine groups is 1. The molecule has 2 heterocycles. The zero-order chi connectivity index (χ0) is 26.6. The van der Waals surface area contributed by atoms with Crippen molar-refractivity contribution in [3.63, 3.8) is 0 Å². The molecule has 0 spiro atoms. The predicted octanol–water partition coefficient (Wildman–Crippen LogP) is 4.94. The molecule has 2 aromatic rings. The van der Waals surface area contributed by atoms with E-state index in [2.05, 4.69) is 5.32 Å². The molecule has 9 heteroatoms. The van der Waals surface area contributed by atoms with Crippen molar-refractivity contribution >= 4 is 28.8 Å². The Morgan fingerprint density at radius 1 is 1.08 bits per heavy atom. The lowest BCUT2D eigenvalue weighted by Gasteiger charge is -2.37. The molecule has 2 aromatic carbocycles. The molecule has 3 aliphatic rings. The average molecular weight is 534 g/mol. The Labute approximate surface area is 226 Å². The first kappa shape index (κ1) is 25.9. The number of rotatable bonds is 10. The summed E-state index contributed by atoms with van der Waals surface area (Å²) in [5.41, 5.74) is 3.32. The number of nitrogens with one attached hydrogen (secondary N) is 1. The average Bonchev–Trinajstić information content (AvgIpc) is 3.69. The number of esters is 1. The highest BCUT2D eigenvalue weighted by molar-refractivity contribution is 8.16. The number of amides is 1. The molecule has 5 rings (SSSR count). The van der Waals surface area contributed by atoms with E-state index in [9.17, 15) is 9.59 Å². The lowest BCUT2D eigenvalue weighted by atomic mass is 9.92. The Morgan fingerprint density at radius 3 is 2.58 bits per heavy atom. The van der Waals surface area contributed by atoms with Crippen LogP contribution >= 0.6 is 11.8 Å². The summed E-state index contributed by atoms with van der Waals surface area (Å²) in [6.45, 7) is 2.64. The number of benzene rings is 2. The van der Waals surface area contributed by atoms with Crippen LogP contribution in [0.5, 0.6) is 11.5 Å². The van der Waals surface area contributed by atoms with Crippen LogP contribution in [0.3, 0.4) is 0 Å². The largest absolute Gasteiger partial charge is 0.493 e. The summed E-state index contributed by atoms with van der Waals surface area (Å²) in [7, 11) is 3.15. The summed E-state index contributed by atoms with van der Waals surface area (Å²) >= 11 is 1.44. The van der Waals surface area contributed by atoms with Crippen molar-refractivity contribution in [1.29, 1.82) is 0 Å². The number of carbonyl (C=O) groups is 2. The third-order valence-corrected chi connectivity index (χ3v) is 7.68. The first-order chi connectivity index (χ1) is 18.5. The molecule has 198 valence electrons. The van der Waals surface area contributed by atoms with Crippen LogP contribution < -0.4 is 14.8 Å². The molecule has 0 aromatic heterocycles. The van der Waals surface area contributed by atoms with Crippen molar-refractivity contribution in [3.05, 3.63) is 82.0 Å². The SMILES string of the molecule is COc1cccc([C@H]2C(C(=O)OCc3ccccc3)=C(C)N=C3SC=C(CC(=O)NCC4CC4)N32)c1OC. The highest BCUT2D eigenvalue weighted by Gasteiger charge is 2.43. The van der Waals surface area contributed by atoms with Gasteiger partial charge in [0.2, 0.25) is 5.91 Å². The number of aliphatic imine (C=N–C) groups is 1. The van der Waals surface area contributed by atoms with Gasteiger partial charge in [-0.05, 0) is 42.7 Å². The quantitative estimate of drug-likeness (QED) is 0.433. The Balaban J connectivity index is 1.50. The van der Waals surface area contributed by atoms with Crippen LogP contribution in [-0.2, 0) is 20.9 Å². The normalized spacial score (nSPS) is 18.4. The van der Waals surface area contributed by atoms with Crippen molar-refractivity contribution in [2.24, 2.45) is 10.9 Å². The van der Waals surface area contributed by atoms with Crippen LogP contribution in [0.1, 0.15) is 43.4 Å². The number of nitrogens with zero attached hydrogens (tertiary/aromatic N) is 2. The number of hydrogen-bond acceptors (Lipinski definition) is 8. The van der Waals surface area contributed by atoms with Gasteiger partial charge in [0.15, 0.2) is 16.7 Å². The van der Waals surface area contributed by atoms with E-state index in [1.165, 1.54) is 11.8 Å². The van der Waals surface area contributed by atoms with E-state index in [1.807, 2.05) is 65.8 Å². The molecule has 38 heavy (non-hydrogen) atoms. The molecule has 1 saturated carbocycles. The van der Waals surface area contributed by atoms with Crippen molar-refractivity contribution in [3.8, 4) is 11.5 Å². The number of thioether (sulfide) groups is 1. The van der Waals surface area contributed by atoms with Crippen LogP contribution in [0, 0.1) is 5.92 Å². The number of fused-ring (bicyclic) bond motifs is 1. The second-order valence-corrected chi connectivity index (χ2v) is 10.3. The number of carbonyl (C=O) groups excluding carboxylic acids is 2. The summed E-state index contributed by atoms with van der Waals surface area (Å²) in [5.74, 6) is 1.11. The van der Waals surface area contributed by atoms with Gasteiger partial charge in [0.1, 0.15) is 6.61 Å². The topological polar surface area (TPSA) is 89.5 Å². The maximum absolute atomic E-state index is 13.7. The van der Waals surface area contributed by atoms with Crippen molar-refractivity contribution < 1.29 is 23.8 Å². The second-order valence-electron chi connectivity index (χ2n) is 9.46. The van der Waals surface area contributed by atoms with Crippen molar-refractivity contribution in [1.82, 2.24) is 10.2 Å². The molecule has 1 aliphatic carbocycles. The molecule has 8 nitrogen and oxygen atoms in total. The maximum Gasteiger partial charge on any atom is 0.338 e. The molecular weight excluding hydrogens is 502 g/mol. The molecule has 1 N–H and O–H groups in total. The molecular formula is C29H31N3O5S. The van der Waals surface area contributed by atoms with E-state index in [4.69, 9.17) is 19.2 Å². The minimum Gasteiger partial charge on any atom is -0.493 e. The third kappa shape index (κ3) is 5.43. The zero-order valence-electron chi connectivity index (χ0n) is 21.7. The summed E-state index contributed by atoms with van der Waals surface area (Å²) in [4.78, 5) is 33.2. The summed E-state index contributed by atoms with van der Waals surface area (Å²) in [5, 5.41) is 5.67. The monoisotopic (exact) mass is 533 g/mol. The fourth-order valence-electron chi connectivity index (χ4n) is 4.66.